The molecular formula is C16H18N2O2S2. The summed E-state index contributed by atoms with van der Waals surface area (Å²) >= 11 is 2.92. The number of benzene rings is 1. The fraction of sp³-hybridized carbons (Fsp3) is 0.250. The number of carbonyl (C=O) groups is 2. The van der Waals surface area contributed by atoms with Crippen LogP contribution in [0.2, 0.25) is 0 Å². The highest BCUT2D eigenvalue weighted by Crippen LogP contribution is 2.11. The van der Waals surface area contributed by atoms with Gasteiger partial charge in [-0.2, -0.15) is 0 Å². The van der Waals surface area contributed by atoms with E-state index in [1.54, 1.807) is 11.3 Å². The maximum absolute atomic E-state index is 11.8. The van der Waals surface area contributed by atoms with Crippen LogP contribution in [-0.2, 0) is 16.1 Å². The number of hydrogen-bond acceptors (Lipinski definition) is 4. The molecule has 0 aliphatic carbocycles. The second kappa shape index (κ2) is 8.60. The minimum absolute atomic E-state index is 0.0539. The molecule has 1 aromatic heterocycles. The third-order valence-electron chi connectivity index (χ3n) is 2.81. The molecule has 0 fully saturated rings. The SMILES string of the molecule is Cc1cccc(NC(=O)CSCC(=O)NCc2cccs2)c1. The Hall–Kier alpha value is -1.79. The number of aryl methyl sites for hydroxylation is 1. The van der Waals surface area contributed by atoms with Crippen LogP contribution >= 0.6 is 23.1 Å². The highest BCUT2D eigenvalue weighted by atomic mass is 32.2. The normalized spacial score (nSPS) is 10.2. The lowest BCUT2D eigenvalue weighted by Gasteiger charge is -2.06. The van der Waals surface area contributed by atoms with Gasteiger partial charge in [-0.1, -0.05) is 18.2 Å². The van der Waals surface area contributed by atoms with Crippen LogP contribution in [-0.4, -0.2) is 23.3 Å². The Labute approximate surface area is 138 Å². The van der Waals surface area contributed by atoms with Gasteiger partial charge >= 0.3 is 0 Å². The lowest BCUT2D eigenvalue weighted by atomic mass is 10.2. The van der Waals surface area contributed by atoms with Gasteiger partial charge in [0, 0.05) is 10.6 Å². The van der Waals surface area contributed by atoms with Gasteiger partial charge in [-0.3, -0.25) is 9.59 Å². The van der Waals surface area contributed by atoms with E-state index in [0.717, 1.165) is 16.1 Å². The summed E-state index contributed by atoms with van der Waals surface area (Å²) in [7, 11) is 0. The minimum atomic E-state index is -0.0957. The molecular weight excluding hydrogens is 316 g/mol. The molecule has 0 aliphatic heterocycles. The molecule has 0 saturated carbocycles. The van der Waals surface area contributed by atoms with Gasteiger partial charge in [0.15, 0.2) is 0 Å². The summed E-state index contributed by atoms with van der Waals surface area (Å²) in [6, 6.07) is 11.6. The zero-order valence-electron chi connectivity index (χ0n) is 12.3. The molecule has 6 heteroatoms. The van der Waals surface area contributed by atoms with E-state index in [1.165, 1.54) is 11.8 Å². The average Bonchev–Trinajstić information content (AvgIpc) is 2.98. The number of hydrogen-bond donors (Lipinski definition) is 2. The third kappa shape index (κ3) is 5.91. The lowest BCUT2D eigenvalue weighted by Crippen LogP contribution is -2.25. The maximum Gasteiger partial charge on any atom is 0.234 e. The Balaban J connectivity index is 1.63. The van der Waals surface area contributed by atoms with E-state index in [-0.39, 0.29) is 23.3 Å². The number of rotatable bonds is 7. The Morgan fingerprint density at radius 1 is 1.14 bits per heavy atom. The summed E-state index contributed by atoms with van der Waals surface area (Å²) < 4.78 is 0. The summed E-state index contributed by atoms with van der Waals surface area (Å²) in [6.45, 7) is 2.52. The molecule has 22 heavy (non-hydrogen) atoms. The van der Waals surface area contributed by atoms with Crippen molar-refractivity contribution in [2.24, 2.45) is 0 Å². The summed E-state index contributed by atoms with van der Waals surface area (Å²) in [5.41, 5.74) is 1.88. The molecule has 0 saturated heterocycles. The molecule has 4 nitrogen and oxygen atoms in total. The van der Waals surface area contributed by atoms with Crippen LogP contribution in [0.4, 0.5) is 5.69 Å². The second-order valence-electron chi connectivity index (χ2n) is 4.77. The first-order valence-corrected chi connectivity index (χ1v) is 8.90. The van der Waals surface area contributed by atoms with E-state index in [1.807, 2.05) is 48.7 Å². The van der Waals surface area contributed by atoms with Crippen molar-refractivity contribution in [1.29, 1.82) is 0 Å². The van der Waals surface area contributed by atoms with Crippen molar-refractivity contribution in [1.82, 2.24) is 5.32 Å². The summed E-state index contributed by atoms with van der Waals surface area (Å²) in [5, 5.41) is 7.63. The second-order valence-corrected chi connectivity index (χ2v) is 6.78. The van der Waals surface area contributed by atoms with Crippen molar-refractivity contribution in [2.75, 3.05) is 16.8 Å². The average molecular weight is 334 g/mol. The molecule has 2 aromatic rings. The fourth-order valence-electron chi connectivity index (χ4n) is 1.81. The van der Waals surface area contributed by atoms with Crippen molar-refractivity contribution in [3.05, 3.63) is 52.2 Å². The molecule has 0 bridgehead atoms. The molecule has 2 amide bonds. The topological polar surface area (TPSA) is 58.2 Å². The van der Waals surface area contributed by atoms with E-state index < -0.39 is 0 Å². The van der Waals surface area contributed by atoms with E-state index >= 15 is 0 Å². The van der Waals surface area contributed by atoms with Gasteiger partial charge in [0.25, 0.3) is 0 Å². The summed E-state index contributed by atoms with van der Waals surface area (Å²) in [4.78, 5) is 24.6. The Bertz CT molecular complexity index is 627. The van der Waals surface area contributed by atoms with E-state index in [0.29, 0.717) is 6.54 Å². The number of amides is 2. The number of anilines is 1. The lowest BCUT2D eigenvalue weighted by molar-refractivity contribution is -0.118. The van der Waals surface area contributed by atoms with Crippen LogP contribution in [0, 0.1) is 6.92 Å². The molecule has 0 spiro atoms. The molecule has 0 unspecified atom stereocenters. The van der Waals surface area contributed by atoms with Crippen LogP contribution in [0.1, 0.15) is 10.4 Å². The molecule has 0 aliphatic rings. The van der Waals surface area contributed by atoms with Gasteiger partial charge in [0.2, 0.25) is 11.8 Å². The van der Waals surface area contributed by atoms with Gasteiger partial charge in [0.1, 0.15) is 0 Å². The van der Waals surface area contributed by atoms with Crippen LogP contribution in [0.3, 0.4) is 0 Å². The predicted octanol–water partition coefficient (Wildman–Crippen LogP) is 3.04. The first-order valence-electron chi connectivity index (χ1n) is 6.87. The molecule has 1 aromatic carbocycles. The zero-order chi connectivity index (χ0) is 15.8. The monoisotopic (exact) mass is 334 g/mol. The highest BCUT2D eigenvalue weighted by Gasteiger charge is 2.06. The smallest absolute Gasteiger partial charge is 0.234 e. The number of thioether (sulfide) groups is 1. The maximum atomic E-state index is 11.8. The Kier molecular flexibility index (Phi) is 6.48. The van der Waals surface area contributed by atoms with E-state index in [4.69, 9.17) is 0 Å². The van der Waals surface area contributed by atoms with E-state index in [2.05, 4.69) is 10.6 Å². The third-order valence-corrected chi connectivity index (χ3v) is 4.62. The Morgan fingerprint density at radius 3 is 2.68 bits per heavy atom. The number of carbonyl (C=O) groups excluding carboxylic acids is 2. The van der Waals surface area contributed by atoms with Crippen molar-refractivity contribution in [2.45, 2.75) is 13.5 Å². The molecule has 2 N–H and O–H groups in total. The molecule has 0 atom stereocenters. The van der Waals surface area contributed by atoms with Crippen LogP contribution in [0.25, 0.3) is 0 Å². The molecule has 0 radical (unpaired) electrons. The highest BCUT2D eigenvalue weighted by molar-refractivity contribution is 8.00. The summed E-state index contributed by atoms with van der Waals surface area (Å²) in [6.07, 6.45) is 0. The minimum Gasteiger partial charge on any atom is -0.350 e. The number of nitrogens with one attached hydrogen (secondary N) is 2. The fourth-order valence-corrected chi connectivity index (χ4v) is 3.10. The van der Waals surface area contributed by atoms with Gasteiger partial charge in [-0.25, -0.2) is 0 Å². The largest absolute Gasteiger partial charge is 0.350 e. The van der Waals surface area contributed by atoms with Crippen LogP contribution in [0.15, 0.2) is 41.8 Å². The van der Waals surface area contributed by atoms with Crippen molar-refractivity contribution in [3.8, 4) is 0 Å². The van der Waals surface area contributed by atoms with Crippen molar-refractivity contribution in [3.63, 3.8) is 0 Å². The van der Waals surface area contributed by atoms with E-state index in [9.17, 15) is 9.59 Å². The van der Waals surface area contributed by atoms with Gasteiger partial charge in [-0.05, 0) is 36.1 Å². The van der Waals surface area contributed by atoms with Crippen LogP contribution < -0.4 is 10.6 Å². The van der Waals surface area contributed by atoms with Crippen molar-refractivity contribution < 1.29 is 9.59 Å². The predicted molar refractivity (Wildman–Crippen MR) is 93.3 cm³/mol. The molecule has 116 valence electrons. The first kappa shape index (κ1) is 16.6. The molecule has 1 heterocycles. The summed E-state index contributed by atoms with van der Waals surface area (Å²) in [5.74, 6) is 0.399. The van der Waals surface area contributed by atoms with Gasteiger partial charge in [-0.15, -0.1) is 23.1 Å². The quantitative estimate of drug-likeness (QED) is 0.818. The Morgan fingerprint density at radius 2 is 1.95 bits per heavy atom. The molecule has 2 rings (SSSR count). The number of thiophene rings is 1. The van der Waals surface area contributed by atoms with Crippen LogP contribution in [0.5, 0.6) is 0 Å². The first-order chi connectivity index (χ1) is 10.6. The van der Waals surface area contributed by atoms with Crippen molar-refractivity contribution >= 4 is 40.6 Å². The van der Waals surface area contributed by atoms with Gasteiger partial charge in [0.05, 0.1) is 18.1 Å². The van der Waals surface area contributed by atoms with Gasteiger partial charge < -0.3 is 10.6 Å². The standard InChI is InChI=1S/C16H18N2O2S2/c1-12-4-2-5-13(8-12)18-16(20)11-21-10-15(19)17-9-14-6-3-7-22-14/h2-8H,9-11H2,1H3,(H,17,19)(H,18,20). The zero-order valence-corrected chi connectivity index (χ0v) is 13.9.